The molecule has 0 unspecified atom stereocenters. The third-order valence-electron chi connectivity index (χ3n) is 4.20. The van der Waals surface area contributed by atoms with Crippen LogP contribution in [0.1, 0.15) is 49.7 Å². The summed E-state index contributed by atoms with van der Waals surface area (Å²) in [5, 5.41) is 11.3. The number of alkyl halides is 3. The lowest BCUT2D eigenvalue weighted by Crippen LogP contribution is -2.17. The maximum absolute atomic E-state index is 13.2. The molecule has 0 spiro atoms. The third kappa shape index (κ3) is 4.77. The van der Waals surface area contributed by atoms with Gasteiger partial charge in [-0.1, -0.05) is 37.3 Å². The van der Waals surface area contributed by atoms with Crippen molar-refractivity contribution in [2.45, 2.75) is 44.7 Å². The van der Waals surface area contributed by atoms with E-state index >= 15 is 0 Å². The highest BCUT2D eigenvalue weighted by molar-refractivity contribution is 5.97. The number of nitrogens with two attached hydrogens (primary N) is 1. The lowest BCUT2D eigenvalue weighted by atomic mass is 9.87. The number of hydrogen-bond acceptors (Lipinski definition) is 3. The van der Waals surface area contributed by atoms with Crippen LogP contribution in [0.3, 0.4) is 0 Å². The zero-order valence-electron chi connectivity index (χ0n) is 12.8. The fraction of sp³-hybridized carbons (Fsp3) is 0.562. The van der Waals surface area contributed by atoms with Crippen LogP contribution in [-0.4, -0.2) is 17.6 Å². The smallest absolute Gasteiger partial charge is 0.419 e. The van der Waals surface area contributed by atoms with Crippen molar-refractivity contribution >= 4 is 5.84 Å². The molecule has 0 aliphatic heterocycles. The van der Waals surface area contributed by atoms with Gasteiger partial charge in [0, 0.05) is 5.56 Å². The van der Waals surface area contributed by atoms with E-state index in [1.54, 1.807) is 0 Å². The van der Waals surface area contributed by atoms with Crippen LogP contribution < -0.4 is 10.5 Å². The first-order valence-corrected chi connectivity index (χ1v) is 7.73. The summed E-state index contributed by atoms with van der Waals surface area (Å²) in [4.78, 5) is 0. The molecular formula is C16H21F3N2O2. The monoisotopic (exact) mass is 330 g/mol. The van der Waals surface area contributed by atoms with Crippen LogP contribution in [0.2, 0.25) is 0 Å². The first-order valence-electron chi connectivity index (χ1n) is 7.73. The summed E-state index contributed by atoms with van der Waals surface area (Å²) in [6, 6.07) is 3.41. The number of oxime groups is 1. The van der Waals surface area contributed by atoms with Crippen LogP contribution in [0.4, 0.5) is 13.2 Å². The van der Waals surface area contributed by atoms with E-state index in [-0.39, 0.29) is 23.8 Å². The van der Waals surface area contributed by atoms with E-state index in [0.29, 0.717) is 5.92 Å². The van der Waals surface area contributed by atoms with Crippen molar-refractivity contribution in [3.8, 4) is 5.75 Å². The Kier molecular flexibility index (Phi) is 5.74. The summed E-state index contributed by atoms with van der Waals surface area (Å²) in [5.74, 6) is -0.0541. The van der Waals surface area contributed by atoms with E-state index in [2.05, 4.69) is 5.16 Å². The number of nitrogens with zero attached hydrogens (tertiary/aromatic N) is 1. The quantitative estimate of drug-likeness (QED) is 0.369. The molecular weight excluding hydrogens is 309 g/mol. The van der Waals surface area contributed by atoms with Gasteiger partial charge in [-0.3, -0.25) is 0 Å². The van der Waals surface area contributed by atoms with E-state index < -0.39 is 11.7 Å². The van der Waals surface area contributed by atoms with E-state index in [1.807, 2.05) is 0 Å². The Bertz CT molecular complexity index is 553. The fourth-order valence-corrected chi connectivity index (χ4v) is 2.91. The molecule has 0 atom stereocenters. The third-order valence-corrected chi connectivity index (χ3v) is 4.20. The predicted molar refractivity (Wildman–Crippen MR) is 80.6 cm³/mol. The molecule has 0 radical (unpaired) electrons. The molecule has 7 heteroatoms. The predicted octanol–water partition coefficient (Wildman–Crippen LogP) is 4.15. The standard InChI is InChI=1S/C16H21F3N2O2/c17-16(18,19)13-10-12(15(20)21-22)6-7-14(13)23-9-8-11-4-2-1-3-5-11/h6-7,10-11,22H,1-5,8-9H2,(H2,20,21). The molecule has 0 heterocycles. The van der Waals surface area contributed by atoms with Gasteiger partial charge in [0.25, 0.3) is 0 Å². The lowest BCUT2D eigenvalue weighted by Gasteiger charge is -2.22. The van der Waals surface area contributed by atoms with Crippen LogP contribution in [-0.2, 0) is 6.18 Å². The number of ether oxygens (including phenoxy) is 1. The lowest BCUT2D eigenvalue weighted by molar-refractivity contribution is -0.139. The summed E-state index contributed by atoms with van der Waals surface area (Å²) in [5.41, 5.74) is 4.43. The Morgan fingerprint density at radius 2 is 1.96 bits per heavy atom. The molecule has 0 saturated heterocycles. The van der Waals surface area contributed by atoms with Crippen LogP contribution >= 0.6 is 0 Å². The zero-order chi connectivity index (χ0) is 16.9. The molecule has 2 rings (SSSR count). The first-order chi connectivity index (χ1) is 10.9. The van der Waals surface area contributed by atoms with Gasteiger partial charge in [0.2, 0.25) is 0 Å². The second-order valence-corrected chi connectivity index (χ2v) is 5.84. The van der Waals surface area contributed by atoms with Crippen molar-refractivity contribution in [3.05, 3.63) is 29.3 Å². The topological polar surface area (TPSA) is 67.8 Å². The van der Waals surface area contributed by atoms with Crippen molar-refractivity contribution in [1.82, 2.24) is 0 Å². The van der Waals surface area contributed by atoms with Crippen molar-refractivity contribution in [3.63, 3.8) is 0 Å². The summed E-state index contributed by atoms with van der Waals surface area (Å²) < 4.78 is 44.8. The number of hydrogen-bond donors (Lipinski definition) is 2. The summed E-state index contributed by atoms with van der Waals surface area (Å²) in [7, 11) is 0. The van der Waals surface area contributed by atoms with E-state index in [4.69, 9.17) is 15.7 Å². The summed E-state index contributed by atoms with van der Waals surface area (Å²) in [6.07, 6.45) is 2.06. The Morgan fingerprint density at radius 1 is 1.26 bits per heavy atom. The SMILES string of the molecule is N/C(=N\O)c1ccc(OCCC2CCCCC2)c(C(F)(F)F)c1. The van der Waals surface area contributed by atoms with Gasteiger partial charge in [0.15, 0.2) is 5.84 Å². The molecule has 3 N–H and O–H groups in total. The van der Waals surface area contributed by atoms with Crippen LogP contribution in [0, 0.1) is 5.92 Å². The minimum Gasteiger partial charge on any atom is -0.493 e. The largest absolute Gasteiger partial charge is 0.493 e. The van der Waals surface area contributed by atoms with Crippen molar-refractivity contribution in [2.24, 2.45) is 16.8 Å². The fourth-order valence-electron chi connectivity index (χ4n) is 2.91. The molecule has 23 heavy (non-hydrogen) atoms. The molecule has 1 aromatic carbocycles. The van der Waals surface area contributed by atoms with Gasteiger partial charge in [-0.15, -0.1) is 0 Å². The molecule has 0 amide bonds. The number of halogens is 3. The van der Waals surface area contributed by atoms with Crippen molar-refractivity contribution in [2.75, 3.05) is 6.61 Å². The maximum atomic E-state index is 13.2. The van der Waals surface area contributed by atoms with Crippen molar-refractivity contribution in [1.29, 1.82) is 0 Å². The van der Waals surface area contributed by atoms with Gasteiger partial charge < -0.3 is 15.7 Å². The molecule has 1 aliphatic carbocycles. The van der Waals surface area contributed by atoms with E-state index in [1.165, 1.54) is 31.4 Å². The van der Waals surface area contributed by atoms with Crippen LogP contribution in [0.25, 0.3) is 0 Å². The molecule has 1 saturated carbocycles. The highest BCUT2D eigenvalue weighted by atomic mass is 19.4. The van der Waals surface area contributed by atoms with Crippen molar-refractivity contribution < 1.29 is 23.1 Å². The highest BCUT2D eigenvalue weighted by Crippen LogP contribution is 2.37. The Morgan fingerprint density at radius 3 is 2.57 bits per heavy atom. The Labute approximate surface area is 133 Å². The number of amidine groups is 1. The minimum absolute atomic E-state index is 0.000504. The molecule has 0 aromatic heterocycles. The molecule has 1 fully saturated rings. The number of rotatable bonds is 5. The highest BCUT2D eigenvalue weighted by Gasteiger charge is 2.35. The van der Waals surface area contributed by atoms with Gasteiger partial charge in [-0.2, -0.15) is 13.2 Å². The van der Waals surface area contributed by atoms with Gasteiger partial charge in [0.05, 0.1) is 12.2 Å². The molecule has 0 bridgehead atoms. The Hall–Kier alpha value is -1.92. The summed E-state index contributed by atoms with van der Waals surface area (Å²) in [6.45, 7) is 0.261. The van der Waals surface area contributed by atoms with Gasteiger partial charge in [-0.25, -0.2) is 0 Å². The molecule has 4 nitrogen and oxygen atoms in total. The van der Waals surface area contributed by atoms with Gasteiger partial charge >= 0.3 is 6.18 Å². The van der Waals surface area contributed by atoms with Crippen LogP contribution in [0.15, 0.2) is 23.4 Å². The van der Waals surface area contributed by atoms with E-state index in [0.717, 1.165) is 25.3 Å². The average Bonchev–Trinajstić information content (AvgIpc) is 2.54. The minimum atomic E-state index is -4.56. The average molecular weight is 330 g/mol. The maximum Gasteiger partial charge on any atom is 0.419 e. The zero-order valence-corrected chi connectivity index (χ0v) is 12.8. The molecule has 1 aromatic rings. The molecule has 128 valence electrons. The summed E-state index contributed by atoms with van der Waals surface area (Å²) >= 11 is 0. The number of benzene rings is 1. The van der Waals surface area contributed by atoms with Gasteiger partial charge in [0.1, 0.15) is 5.75 Å². The first kappa shape index (κ1) is 17.4. The van der Waals surface area contributed by atoms with Crippen LogP contribution in [0.5, 0.6) is 5.75 Å². The second kappa shape index (κ2) is 7.57. The second-order valence-electron chi connectivity index (χ2n) is 5.84. The van der Waals surface area contributed by atoms with E-state index in [9.17, 15) is 13.2 Å². The molecule has 1 aliphatic rings. The normalized spacial score (nSPS) is 17.3. The van der Waals surface area contributed by atoms with Gasteiger partial charge in [-0.05, 0) is 30.5 Å². The Balaban J connectivity index is 2.07.